The van der Waals surface area contributed by atoms with E-state index in [0.29, 0.717) is 12.2 Å². The maximum atomic E-state index is 14.1. The van der Waals surface area contributed by atoms with Crippen LogP contribution >= 0.6 is 0 Å². The molecule has 9 atom stereocenters. The molecule has 1 spiro atoms. The predicted octanol–water partition coefficient (Wildman–Crippen LogP) is 5.04. The summed E-state index contributed by atoms with van der Waals surface area (Å²) in [4.78, 5) is 14.1. The van der Waals surface area contributed by atoms with E-state index >= 15 is 0 Å². The Morgan fingerprint density at radius 1 is 0.879 bits per heavy atom. The third kappa shape index (κ3) is 2.84. The lowest BCUT2D eigenvalue weighted by Gasteiger charge is -2.70. The first-order chi connectivity index (χ1) is 15.0. The zero-order chi connectivity index (χ0) is 24.4. The van der Waals surface area contributed by atoms with Crippen molar-refractivity contribution in [3.63, 3.8) is 0 Å². The van der Waals surface area contributed by atoms with E-state index in [-0.39, 0.29) is 38.9 Å². The van der Waals surface area contributed by atoms with Gasteiger partial charge in [0.1, 0.15) is 0 Å². The lowest BCUT2D eigenvalue weighted by atomic mass is 9.34. The van der Waals surface area contributed by atoms with E-state index in [4.69, 9.17) is 0 Å². The molecule has 0 aliphatic heterocycles. The van der Waals surface area contributed by atoms with Gasteiger partial charge in [-0.15, -0.1) is 0 Å². The van der Waals surface area contributed by atoms with E-state index in [2.05, 4.69) is 48.5 Å². The Balaban J connectivity index is 1.60. The number of allylic oxidation sites excluding steroid dienone is 1. The van der Waals surface area contributed by atoms with Crippen molar-refractivity contribution in [2.75, 3.05) is 0 Å². The molecule has 33 heavy (non-hydrogen) atoms. The highest BCUT2D eigenvalue weighted by Crippen LogP contribution is 2.74. The standard InChI is InChI=1S/C29H46O4/c1-24(2)10-12-29(16-24)13-11-27(6)17(22(29)32)14-18(30)21-26(5)15-19(31)23(33)25(3,4)20(26)8-9-28(21,27)7/h14,18-21,23,30-31,33H,8-13,15-16H2,1-7H3/t18-,19-,20+,21-,23+,26+,27-,28-,29-/m1/s1. The first-order valence-electron chi connectivity index (χ1n) is 13.4. The van der Waals surface area contributed by atoms with Gasteiger partial charge in [-0.3, -0.25) is 4.79 Å². The number of ketones is 1. The van der Waals surface area contributed by atoms with Crippen LogP contribution in [0, 0.1) is 44.3 Å². The van der Waals surface area contributed by atoms with E-state index < -0.39 is 23.7 Å². The average Bonchev–Trinajstić information content (AvgIpc) is 3.01. The highest BCUT2D eigenvalue weighted by molar-refractivity contribution is 6.02. The molecule has 0 saturated heterocycles. The first-order valence-corrected chi connectivity index (χ1v) is 13.4. The number of aliphatic hydroxyl groups excluding tert-OH is 3. The van der Waals surface area contributed by atoms with Gasteiger partial charge in [-0.2, -0.15) is 0 Å². The zero-order valence-electron chi connectivity index (χ0n) is 21.9. The number of hydrogen-bond acceptors (Lipinski definition) is 4. The van der Waals surface area contributed by atoms with Gasteiger partial charge in [0.05, 0.1) is 18.3 Å². The van der Waals surface area contributed by atoms with Crippen LogP contribution in [0.2, 0.25) is 0 Å². The fourth-order valence-corrected chi connectivity index (χ4v) is 10.5. The maximum Gasteiger partial charge on any atom is 0.165 e. The van der Waals surface area contributed by atoms with Crippen molar-refractivity contribution in [1.82, 2.24) is 0 Å². The molecule has 4 saturated carbocycles. The van der Waals surface area contributed by atoms with Gasteiger partial charge >= 0.3 is 0 Å². The molecule has 5 aliphatic carbocycles. The van der Waals surface area contributed by atoms with Gasteiger partial charge in [0.2, 0.25) is 0 Å². The lowest BCUT2D eigenvalue weighted by molar-refractivity contribution is -0.244. The Kier molecular flexibility index (Phi) is 4.90. The number of carbonyl (C=O) groups is 1. The van der Waals surface area contributed by atoms with Crippen molar-refractivity contribution in [2.45, 2.75) is 118 Å². The minimum atomic E-state index is -0.786. The van der Waals surface area contributed by atoms with Crippen molar-refractivity contribution >= 4 is 5.78 Å². The Morgan fingerprint density at radius 2 is 1.52 bits per heavy atom. The third-order valence-corrected chi connectivity index (χ3v) is 12.3. The number of hydrogen-bond donors (Lipinski definition) is 3. The van der Waals surface area contributed by atoms with Crippen LogP contribution in [-0.2, 0) is 4.79 Å². The molecule has 0 amide bonds. The Morgan fingerprint density at radius 3 is 2.12 bits per heavy atom. The molecule has 0 unspecified atom stereocenters. The second-order valence-electron chi connectivity index (χ2n) is 14.9. The molecule has 0 aromatic heterocycles. The van der Waals surface area contributed by atoms with Crippen molar-refractivity contribution in [3.05, 3.63) is 11.6 Å². The molecule has 0 radical (unpaired) electrons. The molecule has 4 fully saturated rings. The number of carbonyl (C=O) groups excluding carboxylic acids is 1. The fourth-order valence-electron chi connectivity index (χ4n) is 10.5. The van der Waals surface area contributed by atoms with Gasteiger partial charge < -0.3 is 15.3 Å². The van der Waals surface area contributed by atoms with Crippen LogP contribution in [0.15, 0.2) is 11.6 Å². The molecule has 5 rings (SSSR count). The molecule has 4 nitrogen and oxygen atoms in total. The topological polar surface area (TPSA) is 77.8 Å². The van der Waals surface area contributed by atoms with Crippen molar-refractivity contribution in [2.24, 2.45) is 44.3 Å². The number of aliphatic hydroxyl groups is 3. The van der Waals surface area contributed by atoms with Crippen molar-refractivity contribution in [3.8, 4) is 0 Å². The molecular formula is C29H46O4. The van der Waals surface area contributed by atoms with Gasteiger partial charge in [-0.25, -0.2) is 0 Å². The molecule has 4 heteroatoms. The van der Waals surface area contributed by atoms with Crippen LogP contribution in [-0.4, -0.2) is 39.4 Å². The summed E-state index contributed by atoms with van der Waals surface area (Å²) in [6.45, 7) is 15.6. The smallest absolute Gasteiger partial charge is 0.165 e. The monoisotopic (exact) mass is 458 g/mol. The van der Waals surface area contributed by atoms with Crippen LogP contribution in [0.4, 0.5) is 0 Å². The zero-order valence-corrected chi connectivity index (χ0v) is 21.9. The average molecular weight is 459 g/mol. The molecular weight excluding hydrogens is 412 g/mol. The summed E-state index contributed by atoms with van der Waals surface area (Å²) >= 11 is 0. The van der Waals surface area contributed by atoms with Gasteiger partial charge in [-0.05, 0) is 85.0 Å². The van der Waals surface area contributed by atoms with Crippen LogP contribution in [0.5, 0.6) is 0 Å². The van der Waals surface area contributed by atoms with Crippen LogP contribution in [0.1, 0.15) is 99.8 Å². The maximum absolute atomic E-state index is 14.1. The summed E-state index contributed by atoms with van der Waals surface area (Å²) in [5, 5.41) is 33.5. The van der Waals surface area contributed by atoms with E-state index in [1.807, 2.05) is 6.08 Å². The largest absolute Gasteiger partial charge is 0.390 e. The second kappa shape index (κ2) is 6.73. The predicted molar refractivity (Wildman–Crippen MR) is 129 cm³/mol. The molecule has 0 heterocycles. The molecule has 0 aromatic rings. The summed E-state index contributed by atoms with van der Waals surface area (Å²) in [5.41, 5.74) is -0.328. The summed E-state index contributed by atoms with van der Waals surface area (Å²) in [5.74, 6) is 0.490. The van der Waals surface area contributed by atoms with Crippen molar-refractivity contribution in [1.29, 1.82) is 0 Å². The summed E-state index contributed by atoms with van der Waals surface area (Å²) < 4.78 is 0. The molecule has 3 N–H and O–H groups in total. The SMILES string of the molecule is CC1(C)CC[C@@]2(CC[C@]3(C)C(=C[C@@H](O)[C@@H]4[C@@]5(C)C[C@@H](O)[C@H](O)C(C)(C)[C@@H]5CC[C@]43C)C2=O)C1. The molecule has 5 aliphatic rings. The second-order valence-corrected chi connectivity index (χ2v) is 14.9. The van der Waals surface area contributed by atoms with Crippen LogP contribution < -0.4 is 0 Å². The molecule has 0 aromatic carbocycles. The normalized spacial score (nSPS) is 54.9. The van der Waals surface area contributed by atoms with Gasteiger partial charge in [0, 0.05) is 22.3 Å². The van der Waals surface area contributed by atoms with Gasteiger partial charge in [0.25, 0.3) is 0 Å². The van der Waals surface area contributed by atoms with Crippen molar-refractivity contribution < 1.29 is 20.1 Å². The van der Waals surface area contributed by atoms with Crippen LogP contribution in [0.25, 0.3) is 0 Å². The fraction of sp³-hybridized carbons (Fsp3) is 0.897. The highest BCUT2D eigenvalue weighted by Gasteiger charge is 2.71. The Labute approximate surface area is 200 Å². The van der Waals surface area contributed by atoms with E-state index in [1.54, 1.807) is 0 Å². The van der Waals surface area contributed by atoms with E-state index in [1.165, 1.54) is 0 Å². The number of rotatable bonds is 0. The van der Waals surface area contributed by atoms with E-state index in [0.717, 1.165) is 50.5 Å². The Hall–Kier alpha value is -0.710. The Bertz CT molecular complexity index is 903. The van der Waals surface area contributed by atoms with Gasteiger partial charge in [-0.1, -0.05) is 48.5 Å². The summed E-state index contributed by atoms with van der Waals surface area (Å²) in [7, 11) is 0. The van der Waals surface area contributed by atoms with E-state index in [9.17, 15) is 20.1 Å². The first kappa shape index (κ1) is 24.0. The minimum Gasteiger partial charge on any atom is -0.390 e. The summed E-state index contributed by atoms with van der Waals surface area (Å²) in [6, 6.07) is 0. The molecule has 186 valence electrons. The minimum absolute atomic E-state index is 0.0409. The van der Waals surface area contributed by atoms with Gasteiger partial charge in [0.15, 0.2) is 5.78 Å². The number of fused-ring (bicyclic) bond motifs is 5. The summed E-state index contributed by atoms with van der Waals surface area (Å²) in [6.07, 6.45) is 7.10. The lowest BCUT2D eigenvalue weighted by Crippen LogP contribution is -2.69. The highest BCUT2D eigenvalue weighted by atomic mass is 16.3. The number of Topliss-reactive ketones (excluding diaryl/α,β-unsaturated/α-hetero) is 1. The van der Waals surface area contributed by atoms with Crippen LogP contribution in [0.3, 0.4) is 0 Å². The molecule has 0 bridgehead atoms. The third-order valence-electron chi connectivity index (χ3n) is 12.3. The quantitative estimate of drug-likeness (QED) is 0.475.